The van der Waals surface area contributed by atoms with Crippen LogP contribution in [-0.4, -0.2) is 5.91 Å². The predicted octanol–water partition coefficient (Wildman–Crippen LogP) is 2.39. The van der Waals surface area contributed by atoms with Crippen molar-refractivity contribution in [3.05, 3.63) is 12.2 Å². The summed E-state index contributed by atoms with van der Waals surface area (Å²) in [5.41, 5.74) is 5.00. The van der Waals surface area contributed by atoms with E-state index in [0.717, 1.165) is 25.7 Å². The molecule has 0 heterocycles. The van der Waals surface area contributed by atoms with Crippen LogP contribution in [0.1, 0.15) is 45.4 Å². The van der Waals surface area contributed by atoms with Gasteiger partial charge < -0.3 is 5.73 Å². The van der Waals surface area contributed by atoms with Crippen LogP contribution in [0.4, 0.5) is 0 Å². The van der Waals surface area contributed by atoms with Crippen molar-refractivity contribution in [3.8, 4) is 0 Å². The standard InChI is InChI=1S/C10H19NO/c1-2-3-4-5-6-7-8-9-10(11)12/h4-5H,2-3,6-9H2,1H3,(H2,11,12)/b5-4+. The van der Waals surface area contributed by atoms with Gasteiger partial charge in [0.1, 0.15) is 0 Å². The van der Waals surface area contributed by atoms with Gasteiger partial charge in [0, 0.05) is 6.42 Å². The van der Waals surface area contributed by atoms with Crippen molar-refractivity contribution < 1.29 is 4.79 Å². The maximum Gasteiger partial charge on any atom is 0.217 e. The highest BCUT2D eigenvalue weighted by Crippen LogP contribution is 2.01. The molecule has 2 nitrogen and oxygen atoms in total. The fourth-order valence-corrected chi connectivity index (χ4v) is 0.964. The molecule has 0 aliphatic carbocycles. The van der Waals surface area contributed by atoms with Gasteiger partial charge in [-0.25, -0.2) is 0 Å². The average Bonchev–Trinajstić information content (AvgIpc) is 2.02. The lowest BCUT2D eigenvalue weighted by molar-refractivity contribution is -0.118. The maximum absolute atomic E-state index is 10.3. The molecule has 0 saturated carbocycles. The van der Waals surface area contributed by atoms with E-state index >= 15 is 0 Å². The van der Waals surface area contributed by atoms with Crippen molar-refractivity contribution in [2.45, 2.75) is 45.4 Å². The van der Waals surface area contributed by atoms with Gasteiger partial charge in [0.05, 0.1) is 0 Å². The van der Waals surface area contributed by atoms with Crippen molar-refractivity contribution in [2.75, 3.05) is 0 Å². The largest absolute Gasteiger partial charge is 0.370 e. The molecule has 0 aromatic rings. The van der Waals surface area contributed by atoms with Crippen LogP contribution < -0.4 is 5.73 Å². The zero-order valence-electron chi connectivity index (χ0n) is 7.88. The van der Waals surface area contributed by atoms with Crippen LogP contribution in [0.3, 0.4) is 0 Å². The molecule has 1 amide bonds. The number of allylic oxidation sites excluding steroid dienone is 2. The number of carbonyl (C=O) groups excluding carboxylic acids is 1. The Bertz CT molecular complexity index is 141. The Morgan fingerprint density at radius 2 is 1.92 bits per heavy atom. The van der Waals surface area contributed by atoms with Gasteiger partial charge in [0.2, 0.25) is 5.91 Å². The van der Waals surface area contributed by atoms with Gasteiger partial charge in [-0.1, -0.05) is 25.5 Å². The minimum atomic E-state index is -0.187. The number of hydrogen-bond acceptors (Lipinski definition) is 1. The molecule has 0 bridgehead atoms. The molecule has 70 valence electrons. The van der Waals surface area contributed by atoms with E-state index in [-0.39, 0.29) is 5.91 Å². The molecule has 0 aliphatic heterocycles. The molecule has 0 aromatic carbocycles. The Morgan fingerprint density at radius 3 is 2.50 bits per heavy atom. The quantitative estimate of drug-likeness (QED) is 0.461. The van der Waals surface area contributed by atoms with Crippen LogP contribution in [0.25, 0.3) is 0 Å². The summed E-state index contributed by atoms with van der Waals surface area (Å²) in [6, 6.07) is 0. The zero-order valence-corrected chi connectivity index (χ0v) is 7.88. The molecule has 0 aromatic heterocycles. The van der Waals surface area contributed by atoms with Crippen LogP contribution in [0.2, 0.25) is 0 Å². The van der Waals surface area contributed by atoms with Gasteiger partial charge in [-0.3, -0.25) is 4.79 Å². The Hall–Kier alpha value is -0.790. The van der Waals surface area contributed by atoms with Crippen LogP contribution in [0.15, 0.2) is 12.2 Å². The molecule has 0 aliphatic rings. The first kappa shape index (κ1) is 11.2. The molecule has 0 fully saturated rings. The molecular weight excluding hydrogens is 150 g/mol. The Kier molecular flexibility index (Phi) is 7.76. The Balaban J connectivity index is 3.05. The zero-order chi connectivity index (χ0) is 9.23. The fourth-order valence-electron chi connectivity index (χ4n) is 0.964. The second-order valence-corrected chi connectivity index (χ2v) is 2.97. The summed E-state index contributed by atoms with van der Waals surface area (Å²) in [7, 11) is 0. The summed E-state index contributed by atoms with van der Waals surface area (Å²) < 4.78 is 0. The molecule has 12 heavy (non-hydrogen) atoms. The first-order valence-electron chi connectivity index (χ1n) is 4.70. The lowest BCUT2D eigenvalue weighted by atomic mass is 10.1. The molecule has 2 heteroatoms. The molecule has 0 atom stereocenters. The van der Waals surface area contributed by atoms with Gasteiger partial charge in [-0.15, -0.1) is 0 Å². The summed E-state index contributed by atoms with van der Waals surface area (Å²) in [4.78, 5) is 10.3. The van der Waals surface area contributed by atoms with E-state index in [9.17, 15) is 4.79 Å². The van der Waals surface area contributed by atoms with Crippen molar-refractivity contribution in [1.82, 2.24) is 0 Å². The third kappa shape index (κ3) is 9.21. The predicted molar refractivity (Wildman–Crippen MR) is 51.7 cm³/mol. The monoisotopic (exact) mass is 169 g/mol. The number of carbonyl (C=O) groups is 1. The van der Waals surface area contributed by atoms with E-state index in [1.165, 1.54) is 6.42 Å². The van der Waals surface area contributed by atoms with Crippen molar-refractivity contribution in [1.29, 1.82) is 0 Å². The first-order valence-corrected chi connectivity index (χ1v) is 4.70. The van der Waals surface area contributed by atoms with E-state index in [1.54, 1.807) is 0 Å². The van der Waals surface area contributed by atoms with E-state index < -0.39 is 0 Å². The van der Waals surface area contributed by atoms with Gasteiger partial charge in [-0.2, -0.15) is 0 Å². The minimum Gasteiger partial charge on any atom is -0.370 e. The summed E-state index contributed by atoms with van der Waals surface area (Å²) in [6.45, 7) is 2.16. The van der Waals surface area contributed by atoms with Gasteiger partial charge in [0.25, 0.3) is 0 Å². The van der Waals surface area contributed by atoms with Crippen LogP contribution in [0.5, 0.6) is 0 Å². The number of unbranched alkanes of at least 4 members (excludes halogenated alkanes) is 3. The highest BCUT2D eigenvalue weighted by Gasteiger charge is 1.91. The third-order valence-corrected chi connectivity index (χ3v) is 1.67. The molecule has 0 spiro atoms. The maximum atomic E-state index is 10.3. The number of primary amides is 1. The van der Waals surface area contributed by atoms with E-state index in [0.29, 0.717) is 6.42 Å². The second kappa shape index (κ2) is 8.31. The van der Waals surface area contributed by atoms with Gasteiger partial charge >= 0.3 is 0 Å². The highest BCUT2D eigenvalue weighted by atomic mass is 16.1. The molecule has 0 radical (unpaired) electrons. The fraction of sp³-hybridized carbons (Fsp3) is 0.700. The number of nitrogens with two attached hydrogens (primary N) is 1. The van der Waals surface area contributed by atoms with Crippen LogP contribution in [-0.2, 0) is 4.79 Å². The molecular formula is C10H19NO. The summed E-state index contributed by atoms with van der Waals surface area (Å²) in [5.74, 6) is -0.187. The van der Waals surface area contributed by atoms with Crippen molar-refractivity contribution in [3.63, 3.8) is 0 Å². The molecule has 0 rings (SSSR count). The summed E-state index contributed by atoms with van der Waals surface area (Å²) in [5, 5.41) is 0. The minimum absolute atomic E-state index is 0.187. The van der Waals surface area contributed by atoms with Crippen LogP contribution >= 0.6 is 0 Å². The summed E-state index contributed by atoms with van der Waals surface area (Å²) in [6.07, 6.45) is 10.4. The SMILES string of the molecule is CCC/C=C/CCCCC(N)=O. The van der Waals surface area contributed by atoms with E-state index in [4.69, 9.17) is 5.73 Å². The smallest absolute Gasteiger partial charge is 0.217 e. The molecule has 0 unspecified atom stereocenters. The van der Waals surface area contributed by atoms with Crippen LogP contribution in [0, 0.1) is 0 Å². The number of rotatable bonds is 7. The molecule has 0 saturated heterocycles. The second-order valence-electron chi connectivity index (χ2n) is 2.97. The van der Waals surface area contributed by atoms with Gasteiger partial charge in [-0.05, 0) is 25.7 Å². The molecule has 2 N–H and O–H groups in total. The lowest BCUT2D eigenvalue weighted by Gasteiger charge is -1.93. The third-order valence-electron chi connectivity index (χ3n) is 1.67. The summed E-state index contributed by atoms with van der Waals surface area (Å²) >= 11 is 0. The van der Waals surface area contributed by atoms with E-state index in [1.807, 2.05) is 0 Å². The van der Waals surface area contributed by atoms with Crippen molar-refractivity contribution >= 4 is 5.91 Å². The topological polar surface area (TPSA) is 43.1 Å². The normalized spacial score (nSPS) is 10.8. The first-order chi connectivity index (χ1) is 5.77. The number of hydrogen-bond donors (Lipinski definition) is 1. The Morgan fingerprint density at radius 1 is 1.25 bits per heavy atom. The number of amides is 1. The highest BCUT2D eigenvalue weighted by molar-refractivity contribution is 5.73. The average molecular weight is 169 g/mol. The van der Waals surface area contributed by atoms with Gasteiger partial charge in [0.15, 0.2) is 0 Å². The lowest BCUT2D eigenvalue weighted by Crippen LogP contribution is -2.09. The van der Waals surface area contributed by atoms with Crippen molar-refractivity contribution in [2.24, 2.45) is 5.73 Å². The van der Waals surface area contributed by atoms with E-state index in [2.05, 4.69) is 19.1 Å². The Labute approximate surface area is 74.8 Å².